The number of rotatable bonds is 11. The second-order valence-electron chi connectivity index (χ2n) is 7.80. The Bertz CT molecular complexity index is 1230. The summed E-state index contributed by atoms with van der Waals surface area (Å²) in [7, 11) is 1.92. The molecule has 1 heterocycles. The van der Waals surface area contributed by atoms with E-state index in [0.29, 0.717) is 13.2 Å². The first-order valence-electron chi connectivity index (χ1n) is 10.9. The van der Waals surface area contributed by atoms with Crippen molar-refractivity contribution in [1.29, 1.82) is 0 Å². The van der Waals surface area contributed by atoms with Gasteiger partial charge in [0.05, 0.1) is 13.0 Å². The van der Waals surface area contributed by atoms with Crippen LogP contribution in [0, 0.1) is 0 Å². The normalized spacial score (nSPS) is 10.7. The maximum Gasteiger partial charge on any atom is 0.307 e. The van der Waals surface area contributed by atoms with Crippen molar-refractivity contribution in [3.05, 3.63) is 95.8 Å². The largest absolute Gasteiger partial charge is 0.493 e. The fourth-order valence-electron chi connectivity index (χ4n) is 3.39. The molecule has 0 saturated heterocycles. The number of anilines is 1. The number of nitrogens with zero attached hydrogens (tertiary/aromatic N) is 3. The SMILES string of the molecule is Cn1cnnc1Sc1ccc(CNc2ccc(CC(=O)O)cc2)c(OCCc2ccccc2)c1. The van der Waals surface area contributed by atoms with Gasteiger partial charge in [0.1, 0.15) is 12.1 Å². The molecule has 0 aliphatic heterocycles. The zero-order valence-electron chi connectivity index (χ0n) is 18.8. The molecule has 8 heteroatoms. The van der Waals surface area contributed by atoms with E-state index in [0.717, 1.165) is 39.0 Å². The zero-order chi connectivity index (χ0) is 23.8. The maximum absolute atomic E-state index is 10.9. The van der Waals surface area contributed by atoms with Gasteiger partial charge in [-0.1, -0.05) is 48.5 Å². The molecule has 0 unspecified atom stereocenters. The molecule has 0 aliphatic rings. The van der Waals surface area contributed by atoms with E-state index in [4.69, 9.17) is 9.84 Å². The first-order valence-corrected chi connectivity index (χ1v) is 11.7. The van der Waals surface area contributed by atoms with Gasteiger partial charge in [-0.25, -0.2) is 0 Å². The minimum Gasteiger partial charge on any atom is -0.493 e. The Hall–Kier alpha value is -3.78. The Kier molecular flexibility index (Phi) is 7.83. The number of carboxylic acid groups (broad SMARTS) is 1. The van der Waals surface area contributed by atoms with Gasteiger partial charge in [-0.2, -0.15) is 0 Å². The van der Waals surface area contributed by atoms with Gasteiger partial charge < -0.3 is 19.7 Å². The average molecular weight is 475 g/mol. The van der Waals surface area contributed by atoms with Gasteiger partial charge in [0.25, 0.3) is 0 Å². The lowest BCUT2D eigenvalue weighted by Gasteiger charge is -2.15. The van der Waals surface area contributed by atoms with Crippen molar-refractivity contribution in [2.75, 3.05) is 11.9 Å². The van der Waals surface area contributed by atoms with Crippen molar-refractivity contribution in [3.63, 3.8) is 0 Å². The van der Waals surface area contributed by atoms with E-state index < -0.39 is 5.97 Å². The van der Waals surface area contributed by atoms with Gasteiger partial charge in [0.15, 0.2) is 5.16 Å². The van der Waals surface area contributed by atoms with Crippen LogP contribution in [0.3, 0.4) is 0 Å². The smallest absolute Gasteiger partial charge is 0.307 e. The number of aliphatic carboxylic acids is 1. The molecule has 0 amide bonds. The van der Waals surface area contributed by atoms with Gasteiger partial charge in [-0.05, 0) is 47.2 Å². The molecule has 7 nitrogen and oxygen atoms in total. The van der Waals surface area contributed by atoms with Gasteiger partial charge in [-0.3, -0.25) is 4.79 Å². The van der Waals surface area contributed by atoms with E-state index in [-0.39, 0.29) is 6.42 Å². The molecular formula is C26H26N4O3S. The third-order valence-electron chi connectivity index (χ3n) is 5.20. The highest BCUT2D eigenvalue weighted by atomic mass is 32.2. The fraction of sp³-hybridized carbons (Fsp3) is 0.192. The minimum absolute atomic E-state index is 0.0182. The van der Waals surface area contributed by atoms with Crippen LogP contribution in [-0.2, 0) is 31.2 Å². The molecule has 4 aromatic rings. The van der Waals surface area contributed by atoms with Crippen molar-refractivity contribution in [2.45, 2.75) is 29.4 Å². The predicted octanol–water partition coefficient (Wildman–Crippen LogP) is 4.83. The number of hydrogen-bond acceptors (Lipinski definition) is 6. The van der Waals surface area contributed by atoms with Crippen molar-refractivity contribution >= 4 is 23.4 Å². The molecule has 0 spiro atoms. The Labute approximate surface area is 202 Å². The monoisotopic (exact) mass is 474 g/mol. The van der Waals surface area contributed by atoms with Crippen molar-refractivity contribution in [1.82, 2.24) is 14.8 Å². The molecule has 1 aromatic heterocycles. The van der Waals surface area contributed by atoms with E-state index in [1.165, 1.54) is 17.3 Å². The van der Waals surface area contributed by atoms with Crippen LogP contribution in [0.15, 0.2) is 89.2 Å². The van der Waals surface area contributed by atoms with Crippen molar-refractivity contribution < 1.29 is 14.6 Å². The number of benzene rings is 3. The lowest BCUT2D eigenvalue weighted by atomic mass is 10.1. The number of aromatic nitrogens is 3. The van der Waals surface area contributed by atoms with E-state index >= 15 is 0 Å². The third kappa shape index (κ3) is 6.62. The van der Waals surface area contributed by atoms with Crippen LogP contribution in [-0.4, -0.2) is 32.4 Å². The Morgan fingerprint density at radius 2 is 1.85 bits per heavy atom. The number of carbonyl (C=O) groups is 1. The first-order chi connectivity index (χ1) is 16.6. The summed E-state index contributed by atoms with van der Waals surface area (Å²) < 4.78 is 8.10. The molecule has 4 rings (SSSR count). The summed E-state index contributed by atoms with van der Waals surface area (Å²) in [5, 5.41) is 21.2. The summed E-state index contributed by atoms with van der Waals surface area (Å²) in [6, 6.07) is 23.9. The molecule has 0 atom stereocenters. The summed E-state index contributed by atoms with van der Waals surface area (Å²) in [5.74, 6) is -0.0182. The maximum atomic E-state index is 10.9. The number of nitrogens with one attached hydrogen (secondary N) is 1. The number of ether oxygens (including phenoxy) is 1. The minimum atomic E-state index is -0.836. The van der Waals surface area contributed by atoms with Crippen LogP contribution in [0.4, 0.5) is 5.69 Å². The van der Waals surface area contributed by atoms with Gasteiger partial charge in [0, 0.05) is 36.2 Å². The molecule has 34 heavy (non-hydrogen) atoms. The highest BCUT2D eigenvalue weighted by Gasteiger charge is 2.10. The van der Waals surface area contributed by atoms with E-state index in [1.807, 2.05) is 60.1 Å². The molecule has 0 saturated carbocycles. The Morgan fingerprint density at radius 3 is 2.56 bits per heavy atom. The number of carboxylic acids is 1. The molecule has 0 aliphatic carbocycles. The quantitative estimate of drug-likeness (QED) is 0.322. The van der Waals surface area contributed by atoms with Crippen molar-refractivity contribution in [2.24, 2.45) is 7.05 Å². The fourth-order valence-corrected chi connectivity index (χ4v) is 4.18. The summed E-state index contributed by atoms with van der Waals surface area (Å²) in [6.45, 7) is 1.15. The lowest BCUT2D eigenvalue weighted by Crippen LogP contribution is -2.07. The van der Waals surface area contributed by atoms with Crippen LogP contribution < -0.4 is 10.1 Å². The highest BCUT2D eigenvalue weighted by molar-refractivity contribution is 7.99. The standard InChI is InChI=1S/C26H26N4O3S/c1-30-18-28-29-26(30)34-23-12-9-21(17-27-22-10-7-20(8-11-22)15-25(31)32)24(16-23)33-14-13-19-5-3-2-4-6-19/h2-12,16,18,27H,13-15,17H2,1H3,(H,31,32). The van der Waals surface area contributed by atoms with Crippen LogP contribution >= 0.6 is 11.8 Å². The average Bonchev–Trinajstić information content (AvgIpc) is 3.24. The summed E-state index contributed by atoms with van der Waals surface area (Å²) in [4.78, 5) is 11.9. The first kappa shape index (κ1) is 23.4. The van der Waals surface area contributed by atoms with E-state index in [1.54, 1.807) is 6.33 Å². The van der Waals surface area contributed by atoms with Crippen molar-refractivity contribution in [3.8, 4) is 5.75 Å². The molecular weight excluding hydrogens is 448 g/mol. The van der Waals surface area contributed by atoms with Crippen LogP contribution in [0.25, 0.3) is 0 Å². The summed E-state index contributed by atoms with van der Waals surface area (Å²) >= 11 is 1.54. The molecule has 2 N–H and O–H groups in total. The molecule has 0 bridgehead atoms. The number of aryl methyl sites for hydroxylation is 1. The second-order valence-corrected chi connectivity index (χ2v) is 8.84. The van der Waals surface area contributed by atoms with Gasteiger partial charge in [-0.15, -0.1) is 10.2 Å². The van der Waals surface area contributed by atoms with Crippen LogP contribution in [0.5, 0.6) is 5.75 Å². The lowest BCUT2D eigenvalue weighted by molar-refractivity contribution is -0.136. The highest BCUT2D eigenvalue weighted by Crippen LogP contribution is 2.31. The third-order valence-corrected chi connectivity index (χ3v) is 6.24. The van der Waals surface area contributed by atoms with Gasteiger partial charge >= 0.3 is 5.97 Å². The predicted molar refractivity (Wildman–Crippen MR) is 132 cm³/mol. The Morgan fingerprint density at radius 1 is 1.06 bits per heavy atom. The number of hydrogen-bond donors (Lipinski definition) is 2. The van der Waals surface area contributed by atoms with E-state index in [2.05, 4.69) is 39.8 Å². The Balaban J connectivity index is 1.46. The van der Waals surface area contributed by atoms with Crippen LogP contribution in [0.1, 0.15) is 16.7 Å². The second kappa shape index (κ2) is 11.4. The van der Waals surface area contributed by atoms with Gasteiger partial charge in [0.2, 0.25) is 0 Å². The summed E-state index contributed by atoms with van der Waals surface area (Å²) in [5.41, 5.74) is 3.95. The summed E-state index contributed by atoms with van der Waals surface area (Å²) in [6.07, 6.45) is 2.52. The molecule has 3 aromatic carbocycles. The van der Waals surface area contributed by atoms with Crippen LogP contribution in [0.2, 0.25) is 0 Å². The molecule has 0 radical (unpaired) electrons. The molecule has 174 valence electrons. The molecule has 0 fully saturated rings. The van der Waals surface area contributed by atoms with E-state index in [9.17, 15) is 4.79 Å². The zero-order valence-corrected chi connectivity index (χ0v) is 19.7. The topological polar surface area (TPSA) is 89.3 Å².